The zero-order valence-corrected chi connectivity index (χ0v) is 13.7. The average Bonchev–Trinajstić information content (AvgIpc) is 3.09. The van der Waals surface area contributed by atoms with Crippen molar-refractivity contribution in [1.29, 1.82) is 0 Å². The van der Waals surface area contributed by atoms with E-state index in [1.807, 2.05) is 0 Å². The van der Waals surface area contributed by atoms with E-state index in [9.17, 15) is 19.3 Å². The molecule has 0 radical (unpaired) electrons. The monoisotopic (exact) mass is 366 g/mol. The molecule has 2 aromatic carbocycles. The Labute approximate surface area is 150 Å². The molecule has 0 N–H and O–H groups in total. The maximum Gasteiger partial charge on any atom is 0.283 e. The van der Waals surface area contributed by atoms with Gasteiger partial charge < -0.3 is 0 Å². The van der Waals surface area contributed by atoms with Gasteiger partial charge in [0.25, 0.3) is 11.2 Å². The van der Waals surface area contributed by atoms with Gasteiger partial charge in [-0.2, -0.15) is 4.68 Å². The second-order valence-corrected chi connectivity index (χ2v) is 5.76. The number of nitro benzene ring substituents is 1. The quantitative estimate of drug-likeness (QED) is 0.404. The summed E-state index contributed by atoms with van der Waals surface area (Å²) in [6.45, 7) is 0.0935. The molecule has 27 heavy (non-hydrogen) atoms. The van der Waals surface area contributed by atoms with Crippen LogP contribution in [-0.4, -0.2) is 29.5 Å². The molecule has 0 saturated heterocycles. The van der Waals surface area contributed by atoms with Gasteiger partial charge in [-0.05, 0) is 23.8 Å². The molecular formula is C17H11FN6O3. The highest BCUT2D eigenvalue weighted by Gasteiger charge is 2.14. The summed E-state index contributed by atoms with van der Waals surface area (Å²) in [5.74, 6) is -0.449. The van der Waals surface area contributed by atoms with Gasteiger partial charge in [0.05, 0.1) is 17.2 Å². The first-order valence-corrected chi connectivity index (χ1v) is 7.83. The summed E-state index contributed by atoms with van der Waals surface area (Å²) in [5, 5.41) is 18.6. The Balaban J connectivity index is 1.75. The molecule has 4 aromatic rings. The molecule has 0 fully saturated rings. The zero-order chi connectivity index (χ0) is 19.0. The van der Waals surface area contributed by atoms with E-state index >= 15 is 0 Å². The third-order valence-corrected chi connectivity index (χ3v) is 3.96. The smallest absolute Gasteiger partial charge is 0.283 e. The molecule has 0 aliphatic carbocycles. The molecular weight excluding hydrogens is 355 g/mol. The molecule has 2 aromatic heterocycles. The van der Waals surface area contributed by atoms with Gasteiger partial charge in [0.15, 0.2) is 11.2 Å². The number of hydrogen-bond acceptors (Lipinski definition) is 6. The highest BCUT2D eigenvalue weighted by atomic mass is 19.1. The lowest BCUT2D eigenvalue weighted by atomic mass is 10.2. The van der Waals surface area contributed by atoms with Crippen LogP contribution in [0.1, 0.15) is 5.56 Å². The van der Waals surface area contributed by atoms with Gasteiger partial charge in [-0.3, -0.25) is 19.5 Å². The van der Waals surface area contributed by atoms with E-state index in [0.29, 0.717) is 11.3 Å². The van der Waals surface area contributed by atoms with E-state index in [1.54, 1.807) is 18.2 Å². The number of hydrogen-bond donors (Lipinski definition) is 0. The van der Waals surface area contributed by atoms with E-state index in [2.05, 4.69) is 15.3 Å². The molecule has 0 aliphatic rings. The van der Waals surface area contributed by atoms with E-state index in [-0.39, 0.29) is 23.4 Å². The van der Waals surface area contributed by atoms with Crippen molar-refractivity contribution in [2.75, 3.05) is 0 Å². The van der Waals surface area contributed by atoms with Crippen molar-refractivity contribution in [3.8, 4) is 5.69 Å². The number of nitrogens with zero attached hydrogens (tertiary/aromatic N) is 6. The lowest BCUT2D eigenvalue weighted by Gasteiger charge is -2.06. The Bertz CT molecular complexity index is 1230. The van der Waals surface area contributed by atoms with E-state index in [4.69, 9.17) is 0 Å². The van der Waals surface area contributed by atoms with E-state index < -0.39 is 16.3 Å². The van der Waals surface area contributed by atoms with Gasteiger partial charge in [-0.1, -0.05) is 23.4 Å². The largest absolute Gasteiger partial charge is 0.293 e. The first-order valence-electron chi connectivity index (χ1n) is 7.83. The lowest BCUT2D eigenvalue weighted by Crippen LogP contribution is -2.21. The van der Waals surface area contributed by atoms with E-state index in [0.717, 1.165) is 0 Å². The molecule has 0 unspecified atom stereocenters. The topological polar surface area (TPSA) is 109 Å². The summed E-state index contributed by atoms with van der Waals surface area (Å²) in [7, 11) is 0. The van der Waals surface area contributed by atoms with Gasteiger partial charge in [-0.25, -0.2) is 9.37 Å². The molecule has 9 nitrogen and oxygen atoms in total. The zero-order valence-electron chi connectivity index (χ0n) is 13.7. The molecule has 0 aliphatic heterocycles. The van der Waals surface area contributed by atoms with Crippen LogP contribution in [0.3, 0.4) is 0 Å². The van der Waals surface area contributed by atoms with Gasteiger partial charge in [0, 0.05) is 12.1 Å². The summed E-state index contributed by atoms with van der Waals surface area (Å²) in [5.41, 5.74) is 0.666. The van der Waals surface area contributed by atoms with Gasteiger partial charge >= 0.3 is 0 Å². The van der Waals surface area contributed by atoms with Gasteiger partial charge in [-0.15, -0.1) is 5.10 Å². The van der Waals surface area contributed by atoms with Crippen LogP contribution < -0.4 is 5.56 Å². The van der Waals surface area contributed by atoms with Crippen LogP contribution in [0.4, 0.5) is 10.1 Å². The number of non-ortho nitro benzene ring substituents is 1. The second-order valence-electron chi connectivity index (χ2n) is 5.76. The molecule has 0 spiro atoms. The Morgan fingerprint density at radius 1 is 1.15 bits per heavy atom. The SMILES string of the molecule is O=c1c2nnn(-c3cccc(F)c3)c2ncn1Cc1cccc([N+](=O)[O-])c1. The number of nitro groups is 1. The predicted octanol–water partition coefficient (Wildman–Crippen LogP) is 2.07. The fourth-order valence-corrected chi connectivity index (χ4v) is 2.70. The van der Waals surface area contributed by atoms with Crippen LogP contribution in [0.25, 0.3) is 16.9 Å². The van der Waals surface area contributed by atoms with Crippen molar-refractivity contribution in [3.63, 3.8) is 0 Å². The molecule has 134 valence electrons. The standard InChI is InChI=1S/C17H11FN6O3/c18-12-4-2-5-13(8-12)23-16-15(20-21-23)17(25)22(10-19-16)9-11-3-1-6-14(7-11)24(26)27/h1-8,10H,9H2. The van der Waals surface area contributed by atoms with Crippen molar-refractivity contribution in [2.24, 2.45) is 0 Å². The maximum atomic E-state index is 13.4. The van der Waals surface area contributed by atoms with Crippen LogP contribution in [-0.2, 0) is 6.54 Å². The van der Waals surface area contributed by atoms with Gasteiger partial charge in [0.1, 0.15) is 12.1 Å². The number of rotatable bonds is 4. The first-order chi connectivity index (χ1) is 13.0. The minimum absolute atomic E-state index is 0.0205. The lowest BCUT2D eigenvalue weighted by molar-refractivity contribution is -0.384. The summed E-state index contributed by atoms with van der Waals surface area (Å²) in [6.07, 6.45) is 1.31. The van der Waals surface area contributed by atoms with Gasteiger partial charge in [0.2, 0.25) is 0 Å². The van der Waals surface area contributed by atoms with Crippen molar-refractivity contribution >= 4 is 16.9 Å². The predicted molar refractivity (Wildman–Crippen MR) is 93.1 cm³/mol. The summed E-state index contributed by atoms with van der Waals surface area (Å²) >= 11 is 0. The van der Waals surface area contributed by atoms with Crippen LogP contribution >= 0.6 is 0 Å². The Morgan fingerprint density at radius 3 is 2.74 bits per heavy atom. The van der Waals surface area contributed by atoms with Crippen LogP contribution in [0.2, 0.25) is 0 Å². The fraction of sp³-hybridized carbons (Fsp3) is 0.0588. The molecule has 2 heterocycles. The number of aromatic nitrogens is 5. The molecule has 0 atom stereocenters. The van der Waals surface area contributed by atoms with Crippen molar-refractivity contribution in [2.45, 2.75) is 6.54 Å². The molecule has 4 rings (SSSR count). The number of benzene rings is 2. The minimum atomic E-state index is -0.502. The highest BCUT2D eigenvalue weighted by Crippen LogP contribution is 2.15. The Kier molecular flexibility index (Phi) is 3.92. The molecule has 0 amide bonds. The fourth-order valence-electron chi connectivity index (χ4n) is 2.70. The maximum absolute atomic E-state index is 13.4. The molecule has 0 bridgehead atoms. The van der Waals surface area contributed by atoms with E-state index in [1.165, 1.54) is 45.9 Å². The molecule has 10 heteroatoms. The van der Waals surface area contributed by atoms with Crippen LogP contribution in [0.15, 0.2) is 59.7 Å². The minimum Gasteiger partial charge on any atom is -0.293 e. The Hall–Kier alpha value is -3.95. The number of fused-ring (bicyclic) bond motifs is 1. The molecule has 0 saturated carbocycles. The van der Waals surface area contributed by atoms with Crippen molar-refractivity contribution in [1.82, 2.24) is 24.5 Å². The highest BCUT2D eigenvalue weighted by molar-refractivity contribution is 5.70. The summed E-state index contributed by atoms with van der Waals surface area (Å²) < 4.78 is 16.0. The third-order valence-electron chi connectivity index (χ3n) is 3.96. The van der Waals surface area contributed by atoms with Crippen molar-refractivity contribution in [3.05, 3.63) is 86.7 Å². The normalized spacial score (nSPS) is 11.0. The van der Waals surface area contributed by atoms with Crippen molar-refractivity contribution < 1.29 is 9.31 Å². The Morgan fingerprint density at radius 2 is 1.96 bits per heavy atom. The summed E-state index contributed by atoms with van der Waals surface area (Å²) in [4.78, 5) is 27.3. The van der Waals surface area contributed by atoms with Crippen LogP contribution in [0, 0.1) is 15.9 Å². The average molecular weight is 366 g/mol. The second kappa shape index (κ2) is 6.41. The summed E-state index contributed by atoms with van der Waals surface area (Å²) in [6, 6.07) is 11.7. The third kappa shape index (κ3) is 3.03. The van der Waals surface area contributed by atoms with Crippen LogP contribution in [0.5, 0.6) is 0 Å². The number of halogens is 1. The first kappa shape index (κ1) is 16.5.